The van der Waals surface area contributed by atoms with Crippen LogP contribution in [0.4, 0.5) is 5.82 Å². The van der Waals surface area contributed by atoms with Crippen LogP contribution in [0.25, 0.3) is 11.2 Å². The van der Waals surface area contributed by atoms with Gasteiger partial charge in [0, 0.05) is 39.1 Å². The normalized spacial score (nSPS) is 15.5. The van der Waals surface area contributed by atoms with Crippen LogP contribution in [0.1, 0.15) is 12.8 Å². The van der Waals surface area contributed by atoms with E-state index in [9.17, 15) is 0 Å². The van der Waals surface area contributed by atoms with Crippen molar-refractivity contribution < 1.29 is 9.15 Å². The zero-order valence-electron chi connectivity index (χ0n) is 15.0. The summed E-state index contributed by atoms with van der Waals surface area (Å²) in [5, 5.41) is 0. The third kappa shape index (κ3) is 3.62. The van der Waals surface area contributed by atoms with Gasteiger partial charge in [0.2, 0.25) is 0 Å². The number of aromatic nitrogens is 3. The van der Waals surface area contributed by atoms with Gasteiger partial charge in [-0.1, -0.05) is 25.1 Å². The molecule has 1 saturated heterocycles. The van der Waals surface area contributed by atoms with Gasteiger partial charge in [0.05, 0.1) is 0 Å². The van der Waals surface area contributed by atoms with Crippen molar-refractivity contribution in [2.45, 2.75) is 13.3 Å². The third-order valence-corrected chi connectivity index (χ3v) is 4.61. The van der Waals surface area contributed by atoms with Gasteiger partial charge in [-0.25, -0.2) is 9.97 Å². The van der Waals surface area contributed by atoms with Gasteiger partial charge in [-0.15, -0.1) is 0 Å². The van der Waals surface area contributed by atoms with Crippen molar-refractivity contribution in [3.05, 3.63) is 42.5 Å². The summed E-state index contributed by atoms with van der Waals surface area (Å²) in [4.78, 5) is 17.9. The molecule has 0 N–H and O–H groups in total. The Labute approximate surface area is 152 Å². The highest BCUT2D eigenvalue weighted by Gasteiger charge is 2.22. The molecule has 0 saturated carbocycles. The predicted molar refractivity (Wildman–Crippen MR) is 99.6 cm³/mol. The Bertz CT molecular complexity index is 844. The number of para-hydroxylation sites is 1. The highest BCUT2D eigenvalue weighted by Crippen LogP contribution is 2.24. The van der Waals surface area contributed by atoms with Crippen molar-refractivity contribution in [2.75, 3.05) is 44.2 Å². The lowest BCUT2D eigenvalue weighted by Gasteiger charge is -2.35. The fourth-order valence-corrected chi connectivity index (χ4v) is 3.16. The first kappa shape index (κ1) is 16.8. The van der Waals surface area contributed by atoms with E-state index < -0.39 is 0 Å². The fraction of sp³-hybridized carbons (Fsp3) is 0.421. The number of oxazole rings is 1. The van der Waals surface area contributed by atoms with Crippen molar-refractivity contribution in [3.63, 3.8) is 0 Å². The molecule has 0 spiro atoms. The maximum Gasteiger partial charge on any atom is 0.252 e. The van der Waals surface area contributed by atoms with Crippen LogP contribution in [-0.2, 0) is 6.42 Å². The van der Waals surface area contributed by atoms with E-state index in [-0.39, 0.29) is 0 Å². The Morgan fingerprint density at radius 3 is 2.65 bits per heavy atom. The lowest BCUT2D eigenvalue weighted by molar-refractivity contribution is 0.200. The van der Waals surface area contributed by atoms with E-state index in [1.807, 2.05) is 37.3 Å². The molecule has 26 heavy (non-hydrogen) atoms. The van der Waals surface area contributed by atoms with E-state index >= 15 is 0 Å². The number of ether oxygens (including phenoxy) is 1. The van der Waals surface area contributed by atoms with Gasteiger partial charge in [0.25, 0.3) is 5.71 Å². The smallest absolute Gasteiger partial charge is 0.252 e. The molecule has 136 valence electrons. The Morgan fingerprint density at radius 1 is 1.08 bits per heavy atom. The standard InChI is InChI=1S/C19H23N5O2/c1-2-16-22-17-18(20-14-21-19(17)26-16)24-10-8-23(9-11-24)12-13-25-15-6-4-3-5-7-15/h3-7,14H,2,8-13H2,1H3. The summed E-state index contributed by atoms with van der Waals surface area (Å²) in [5.74, 6) is 2.50. The summed E-state index contributed by atoms with van der Waals surface area (Å²) in [5.41, 5.74) is 1.34. The molecule has 1 aliphatic rings. The summed E-state index contributed by atoms with van der Waals surface area (Å²) in [7, 11) is 0. The zero-order chi connectivity index (χ0) is 17.8. The molecular formula is C19H23N5O2. The molecule has 0 aliphatic carbocycles. The van der Waals surface area contributed by atoms with Crippen LogP contribution >= 0.6 is 0 Å². The van der Waals surface area contributed by atoms with Crippen molar-refractivity contribution in [2.24, 2.45) is 0 Å². The van der Waals surface area contributed by atoms with Gasteiger partial charge in [-0.2, -0.15) is 4.98 Å². The van der Waals surface area contributed by atoms with Gasteiger partial charge in [0.15, 0.2) is 17.2 Å². The van der Waals surface area contributed by atoms with Crippen LogP contribution in [0, 0.1) is 0 Å². The molecule has 7 nitrogen and oxygen atoms in total. The molecule has 0 bridgehead atoms. The first-order chi connectivity index (χ1) is 12.8. The maximum atomic E-state index is 5.79. The number of anilines is 1. The van der Waals surface area contributed by atoms with Crippen molar-refractivity contribution in [1.82, 2.24) is 19.9 Å². The molecule has 4 rings (SSSR count). The SMILES string of the molecule is CCc1nc2c(N3CCN(CCOc4ccccc4)CC3)ncnc2o1. The lowest BCUT2D eigenvalue weighted by atomic mass is 10.3. The van der Waals surface area contributed by atoms with Gasteiger partial charge in [-0.05, 0) is 12.1 Å². The third-order valence-electron chi connectivity index (χ3n) is 4.61. The number of benzene rings is 1. The predicted octanol–water partition coefficient (Wildman–Crippen LogP) is 2.38. The Hall–Kier alpha value is -2.67. The van der Waals surface area contributed by atoms with Gasteiger partial charge < -0.3 is 14.1 Å². The minimum Gasteiger partial charge on any atom is -0.492 e. The molecule has 0 radical (unpaired) electrons. The topological polar surface area (TPSA) is 67.5 Å². The Kier molecular flexibility index (Phi) is 4.97. The highest BCUT2D eigenvalue weighted by molar-refractivity contribution is 5.81. The average molecular weight is 353 g/mol. The minimum atomic E-state index is 0.575. The number of hydrogen-bond acceptors (Lipinski definition) is 7. The molecule has 7 heteroatoms. The number of nitrogens with zero attached hydrogens (tertiary/aromatic N) is 5. The van der Waals surface area contributed by atoms with Crippen LogP contribution in [0.15, 0.2) is 41.1 Å². The molecule has 3 heterocycles. The molecular weight excluding hydrogens is 330 g/mol. The number of aryl methyl sites for hydroxylation is 1. The number of hydrogen-bond donors (Lipinski definition) is 0. The Morgan fingerprint density at radius 2 is 1.88 bits per heavy atom. The van der Waals surface area contributed by atoms with E-state index in [1.165, 1.54) is 0 Å². The van der Waals surface area contributed by atoms with E-state index in [4.69, 9.17) is 9.15 Å². The summed E-state index contributed by atoms with van der Waals surface area (Å²) in [6, 6.07) is 9.95. The average Bonchev–Trinajstić information content (AvgIpc) is 3.13. The number of fused-ring (bicyclic) bond motifs is 1. The van der Waals surface area contributed by atoms with Crippen molar-refractivity contribution in [3.8, 4) is 5.75 Å². The van der Waals surface area contributed by atoms with Gasteiger partial charge in [0.1, 0.15) is 18.7 Å². The molecule has 2 aromatic heterocycles. The maximum absolute atomic E-state index is 5.79. The quantitative estimate of drug-likeness (QED) is 0.674. The monoisotopic (exact) mass is 353 g/mol. The zero-order valence-corrected chi connectivity index (χ0v) is 15.0. The van der Waals surface area contributed by atoms with Crippen molar-refractivity contribution >= 4 is 17.0 Å². The first-order valence-electron chi connectivity index (χ1n) is 9.09. The van der Waals surface area contributed by atoms with Crippen LogP contribution in [0.5, 0.6) is 5.75 Å². The largest absolute Gasteiger partial charge is 0.492 e. The number of piperazine rings is 1. The molecule has 1 fully saturated rings. The van der Waals surface area contributed by atoms with Crippen LogP contribution in [0.3, 0.4) is 0 Å². The molecule has 0 atom stereocenters. The Balaban J connectivity index is 1.33. The van der Waals surface area contributed by atoms with Crippen molar-refractivity contribution in [1.29, 1.82) is 0 Å². The second-order valence-corrected chi connectivity index (χ2v) is 6.30. The van der Waals surface area contributed by atoms with Crippen LogP contribution in [0.2, 0.25) is 0 Å². The molecule has 0 unspecified atom stereocenters. The summed E-state index contributed by atoms with van der Waals surface area (Å²) in [6.07, 6.45) is 2.31. The molecule has 1 aliphatic heterocycles. The fourth-order valence-electron chi connectivity index (χ4n) is 3.16. The summed E-state index contributed by atoms with van der Waals surface area (Å²) in [6.45, 7) is 7.41. The highest BCUT2D eigenvalue weighted by atomic mass is 16.5. The van der Waals surface area contributed by atoms with Gasteiger partial charge in [-0.3, -0.25) is 4.90 Å². The molecule has 0 amide bonds. The van der Waals surface area contributed by atoms with Crippen LogP contribution in [-0.4, -0.2) is 59.2 Å². The second kappa shape index (κ2) is 7.70. The number of rotatable bonds is 6. The second-order valence-electron chi connectivity index (χ2n) is 6.30. The minimum absolute atomic E-state index is 0.575. The van der Waals surface area contributed by atoms with E-state index in [2.05, 4.69) is 24.8 Å². The van der Waals surface area contributed by atoms with E-state index in [0.717, 1.165) is 56.2 Å². The van der Waals surface area contributed by atoms with E-state index in [1.54, 1.807) is 6.33 Å². The van der Waals surface area contributed by atoms with E-state index in [0.29, 0.717) is 18.2 Å². The summed E-state index contributed by atoms with van der Waals surface area (Å²) < 4.78 is 11.4. The summed E-state index contributed by atoms with van der Waals surface area (Å²) >= 11 is 0. The van der Waals surface area contributed by atoms with Crippen LogP contribution < -0.4 is 9.64 Å². The first-order valence-corrected chi connectivity index (χ1v) is 9.09. The lowest BCUT2D eigenvalue weighted by Crippen LogP contribution is -2.47. The van der Waals surface area contributed by atoms with Gasteiger partial charge >= 0.3 is 0 Å². The molecule has 3 aromatic rings. The molecule has 1 aromatic carbocycles.